The zero-order chi connectivity index (χ0) is 16.0. The molecule has 0 aliphatic carbocycles. The number of pyridine rings is 1. The van der Waals surface area contributed by atoms with Crippen LogP contribution < -0.4 is 10.5 Å². The van der Waals surface area contributed by atoms with Crippen LogP contribution in [0.3, 0.4) is 0 Å². The average Bonchev–Trinajstić information content (AvgIpc) is 2.84. The molecule has 2 aromatic heterocycles. The molecule has 0 bridgehead atoms. The van der Waals surface area contributed by atoms with E-state index in [2.05, 4.69) is 57.0 Å². The van der Waals surface area contributed by atoms with Gasteiger partial charge in [0.25, 0.3) is 5.56 Å². The molecule has 0 amide bonds. The number of hydrogen-bond donors (Lipinski definition) is 0. The Morgan fingerprint density at radius 2 is 2.09 bits per heavy atom. The lowest BCUT2D eigenvalue weighted by Crippen LogP contribution is -2.30. The molecule has 0 saturated heterocycles. The van der Waals surface area contributed by atoms with E-state index in [0.717, 1.165) is 16.6 Å². The van der Waals surface area contributed by atoms with E-state index in [9.17, 15) is 4.79 Å². The first-order valence-electron chi connectivity index (χ1n) is 7.64. The van der Waals surface area contributed by atoms with Crippen molar-refractivity contribution < 1.29 is 0 Å². The summed E-state index contributed by atoms with van der Waals surface area (Å²) < 4.78 is 2.43. The summed E-state index contributed by atoms with van der Waals surface area (Å²) in [6, 6.07) is 14.3. The van der Waals surface area contributed by atoms with Crippen molar-refractivity contribution in [2.45, 2.75) is 25.9 Å². The first-order chi connectivity index (χ1) is 11.1. The molecular weight excluding hydrogens is 354 g/mol. The fourth-order valence-electron chi connectivity index (χ4n) is 3.25. The van der Waals surface area contributed by atoms with Crippen molar-refractivity contribution in [3.05, 3.63) is 74.7 Å². The fourth-order valence-corrected chi connectivity index (χ4v) is 3.59. The van der Waals surface area contributed by atoms with Crippen molar-refractivity contribution in [3.8, 4) is 0 Å². The van der Waals surface area contributed by atoms with Crippen LogP contribution in [0.1, 0.15) is 18.2 Å². The first-order valence-corrected chi connectivity index (χ1v) is 8.43. The van der Waals surface area contributed by atoms with Gasteiger partial charge in [-0.05, 0) is 53.0 Å². The SMILES string of the molecule is C[C@@H]1Cc2ccccc2N1Cc1cc(=O)n2cc(Br)ccc2n1. The molecular formula is C18H16BrN3O. The van der Waals surface area contributed by atoms with Gasteiger partial charge >= 0.3 is 0 Å². The molecule has 0 unspecified atom stereocenters. The molecule has 1 aliphatic rings. The predicted octanol–water partition coefficient (Wildman–Crippen LogP) is 3.41. The van der Waals surface area contributed by atoms with E-state index in [0.29, 0.717) is 18.2 Å². The molecule has 3 aromatic rings. The molecule has 4 rings (SSSR count). The number of para-hydroxylation sites is 1. The predicted molar refractivity (Wildman–Crippen MR) is 95.0 cm³/mol. The summed E-state index contributed by atoms with van der Waals surface area (Å²) in [5.74, 6) is 0. The van der Waals surface area contributed by atoms with Crippen molar-refractivity contribution >= 4 is 27.3 Å². The number of hydrogen-bond acceptors (Lipinski definition) is 3. The van der Waals surface area contributed by atoms with Crippen LogP contribution in [-0.2, 0) is 13.0 Å². The van der Waals surface area contributed by atoms with Crippen LogP contribution in [0.4, 0.5) is 5.69 Å². The lowest BCUT2D eigenvalue weighted by Gasteiger charge is -2.24. The highest BCUT2D eigenvalue weighted by Gasteiger charge is 2.25. The van der Waals surface area contributed by atoms with Gasteiger partial charge in [-0.1, -0.05) is 18.2 Å². The Kier molecular flexibility index (Phi) is 3.45. The topological polar surface area (TPSA) is 37.6 Å². The zero-order valence-corrected chi connectivity index (χ0v) is 14.3. The average molecular weight is 370 g/mol. The number of fused-ring (bicyclic) bond motifs is 2. The molecule has 0 radical (unpaired) electrons. The van der Waals surface area contributed by atoms with Gasteiger partial charge in [-0.3, -0.25) is 9.20 Å². The smallest absolute Gasteiger partial charge is 0.258 e. The summed E-state index contributed by atoms with van der Waals surface area (Å²) in [7, 11) is 0. The Balaban J connectivity index is 1.74. The monoisotopic (exact) mass is 369 g/mol. The molecule has 4 nitrogen and oxygen atoms in total. The molecule has 1 aromatic carbocycles. The molecule has 116 valence electrons. The Morgan fingerprint density at radius 3 is 2.96 bits per heavy atom. The van der Waals surface area contributed by atoms with Crippen LogP contribution in [0.5, 0.6) is 0 Å². The molecule has 1 aliphatic heterocycles. The van der Waals surface area contributed by atoms with Crippen molar-refractivity contribution in [2.24, 2.45) is 0 Å². The van der Waals surface area contributed by atoms with Gasteiger partial charge in [0.1, 0.15) is 5.65 Å². The van der Waals surface area contributed by atoms with E-state index < -0.39 is 0 Å². The normalized spacial score (nSPS) is 16.8. The minimum Gasteiger partial charge on any atom is -0.362 e. The quantitative estimate of drug-likeness (QED) is 0.694. The standard InChI is InChI=1S/C18H16BrN3O/c1-12-8-13-4-2-3-5-16(13)21(12)11-15-9-18(23)22-10-14(19)6-7-17(22)20-15/h2-7,9-10,12H,8,11H2,1H3/t12-/m1/s1. The highest BCUT2D eigenvalue weighted by molar-refractivity contribution is 9.10. The summed E-state index contributed by atoms with van der Waals surface area (Å²) in [5, 5.41) is 0. The summed E-state index contributed by atoms with van der Waals surface area (Å²) in [5.41, 5.74) is 4.04. The summed E-state index contributed by atoms with van der Waals surface area (Å²) in [4.78, 5) is 19.3. The van der Waals surface area contributed by atoms with Gasteiger partial charge in [-0.15, -0.1) is 0 Å². The zero-order valence-electron chi connectivity index (χ0n) is 12.7. The number of anilines is 1. The number of rotatable bonds is 2. The maximum absolute atomic E-state index is 12.3. The maximum Gasteiger partial charge on any atom is 0.258 e. The minimum absolute atomic E-state index is 0.0496. The van der Waals surface area contributed by atoms with Gasteiger partial charge in [0.2, 0.25) is 0 Å². The Morgan fingerprint density at radius 1 is 1.26 bits per heavy atom. The van der Waals surface area contributed by atoms with Crippen LogP contribution in [0.25, 0.3) is 5.65 Å². The number of halogens is 1. The highest BCUT2D eigenvalue weighted by atomic mass is 79.9. The van der Waals surface area contributed by atoms with E-state index >= 15 is 0 Å². The number of nitrogens with zero attached hydrogens (tertiary/aromatic N) is 3. The summed E-state index contributed by atoms with van der Waals surface area (Å²) >= 11 is 3.39. The second kappa shape index (κ2) is 5.49. The number of aromatic nitrogens is 2. The summed E-state index contributed by atoms with van der Waals surface area (Å²) in [6.07, 6.45) is 2.79. The van der Waals surface area contributed by atoms with Crippen LogP contribution in [-0.4, -0.2) is 15.4 Å². The highest BCUT2D eigenvalue weighted by Crippen LogP contribution is 2.32. The second-order valence-corrected chi connectivity index (χ2v) is 6.89. The van der Waals surface area contributed by atoms with Gasteiger partial charge in [0.15, 0.2) is 0 Å². The lowest BCUT2D eigenvalue weighted by atomic mass is 10.1. The molecule has 3 heterocycles. The Hall–Kier alpha value is -2.14. The van der Waals surface area contributed by atoms with E-state index in [-0.39, 0.29) is 5.56 Å². The van der Waals surface area contributed by atoms with E-state index in [1.807, 2.05) is 12.1 Å². The minimum atomic E-state index is -0.0496. The van der Waals surface area contributed by atoms with Crippen molar-refractivity contribution in [2.75, 3.05) is 4.90 Å². The fraction of sp³-hybridized carbons (Fsp3) is 0.222. The molecule has 1 atom stereocenters. The van der Waals surface area contributed by atoms with Crippen molar-refractivity contribution in [1.82, 2.24) is 9.38 Å². The van der Waals surface area contributed by atoms with Crippen LogP contribution >= 0.6 is 15.9 Å². The third-order valence-electron chi connectivity index (χ3n) is 4.36. The lowest BCUT2D eigenvalue weighted by molar-refractivity contribution is 0.664. The largest absolute Gasteiger partial charge is 0.362 e. The van der Waals surface area contributed by atoms with Gasteiger partial charge < -0.3 is 4.90 Å². The first kappa shape index (κ1) is 14.5. The van der Waals surface area contributed by atoms with Gasteiger partial charge in [0.05, 0.1) is 12.2 Å². The maximum atomic E-state index is 12.3. The summed E-state index contributed by atoms with van der Waals surface area (Å²) in [6.45, 7) is 2.87. The number of benzene rings is 1. The van der Waals surface area contributed by atoms with E-state index in [1.54, 1.807) is 16.7 Å². The van der Waals surface area contributed by atoms with Crippen LogP contribution in [0.15, 0.2) is 57.9 Å². The van der Waals surface area contributed by atoms with Gasteiger partial charge in [0, 0.05) is 28.5 Å². The molecule has 0 spiro atoms. The molecule has 23 heavy (non-hydrogen) atoms. The third kappa shape index (κ3) is 2.55. The van der Waals surface area contributed by atoms with Gasteiger partial charge in [-0.25, -0.2) is 4.98 Å². The molecule has 0 saturated carbocycles. The third-order valence-corrected chi connectivity index (χ3v) is 4.83. The Labute approximate surface area is 142 Å². The van der Waals surface area contributed by atoms with Crippen LogP contribution in [0.2, 0.25) is 0 Å². The second-order valence-electron chi connectivity index (χ2n) is 5.97. The van der Waals surface area contributed by atoms with Gasteiger partial charge in [-0.2, -0.15) is 0 Å². The van der Waals surface area contributed by atoms with E-state index in [4.69, 9.17) is 0 Å². The molecule has 0 N–H and O–H groups in total. The van der Waals surface area contributed by atoms with Crippen molar-refractivity contribution in [1.29, 1.82) is 0 Å². The van der Waals surface area contributed by atoms with Crippen molar-refractivity contribution in [3.63, 3.8) is 0 Å². The van der Waals surface area contributed by atoms with E-state index in [1.165, 1.54) is 11.3 Å². The molecule has 5 heteroatoms. The van der Waals surface area contributed by atoms with Crippen LogP contribution in [0, 0.1) is 0 Å². The Bertz CT molecular complexity index is 950. The molecule has 0 fully saturated rings.